The van der Waals surface area contributed by atoms with Crippen LogP contribution in [0, 0.1) is 46.3 Å². The Hall–Kier alpha value is -0.950. The smallest absolute Gasteiger partial charge is 0.330 e. The van der Waals surface area contributed by atoms with Gasteiger partial charge in [-0.15, -0.1) is 0 Å². The van der Waals surface area contributed by atoms with Crippen LogP contribution in [0.15, 0.2) is 11.6 Å². The highest BCUT2D eigenvalue weighted by atomic mass is 16.4. The van der Waals surface area contributed by atoms with E-state index in [0.29, 0.717) is 36.7 Å². The lowest BCUT2D eigenvalue weighted by molar-refractivity contribution is -0.243. The lowest BCUT2D eigenvalue weighted by atomic mass is 9.42. The number of carboxylic acid groups (broad SMARTS) is 1. The zero-order valence-electron chi connectivity index (χ0n) is 20.7. The van der Waals surface area contributed by atoms with Crippen LogP contribution in [-0.4, -0.2) is 55.9 Å². The Bertz CT molecular complexity index is 781. The van der Waals surface area contributed by atoms with Crippen molar-refractivity contribution in [2.75, 3.05) is 0 Å². The van der Waals surface area contributed by atoms with Gasteiger partial charge in [0.15, 0.2) is 0 Å². The third-order valence-electron chi connectivity index (χ3n) is 11.0. The first-order chi connectivity index (χ1) is 15.4. The quantitative estimate of drug-likeness (QED) is 0.398. The largest absolute Gasteiger partial charge is 0.478 e. The Morgan fingerprint density at radius 2 is 1.70 bits per heavy atom. The zero-order chi connectivity index (χ0) is 24.3. The molecule has 0 aromatic carbocycles. The molecule has 0 radical (unpaired) electrons. The van der Waals surface area contributed by atoms with Gasteiger partial charge in [0.25, 0.3) is 0 Å². The van der Waals surface area contributed by atoms with Gasteiger partial charge in [0.1, 0.15) is 0 Å². The maximum Gasteiger partial charge on any atom is 0.330 e. The zero-order valence-corrected chi connectivity index (χ0v) is 20.7. The van der Waals surface area contributed by atoms with Gasteiger partial charge in [0.2, 0.25) is 0 Å². The van der Waals surface area contributed by atoms with Crippen LogP contribution in [0.5, 0.6) is 0 Å². The van der Waals surface area contributed by atoms with Crippen LogP contribution in [0.2, 0.25) is 0 Å². The first-order valence-corrected chi connectivity index (χ1v) is 13.0. The Morgan fingerprint density at radius 3 is 2.36 bits per heavy atom. The summed E-state index contributed by atoms with van der Waals surface area (Å²) in [5, 5.41) is 53.5. The normalized spacial score (nSPS) is 50.8. The van der Waals surface area contributed by atoms with Crippen molar-refractivity contribution in [3.8, 4) is 0 Å². The van der Waals surface area contributed by atoms with Crippen molar-refractivity contribution < 1.29 is 30.3 Å². The van der Waals surface area contributed by atoms with Crippen molar-refractivity contribution in [2.24, 2.45) is 46.3 Å². The summed E-state index contributed by atoms with van der Waals surface area (Å²) in [7, 11) is 0. The fourth-order valence-corrected chi connectivity index (χ4v) is 9.02. The monoisotopic (exact) mass is 464 g/mol. The van der Waals surface area contributed by atoms with Gasteiger partial charge < -0.3 is 25.5 Å². The van der Waals surface area contributed by atoms with Gasteiger partial charge in [-0.3, -0.25) is 0 Å². The van der Waals surface area contributed by atoms with E-state index in [1.54, 1.807) is 13.0 Å². The number of aliphatic hydroxyl groups is 4. The van der Waals surface area contributed by atoms with E-state index in [-0.39, 0.29) is 34.5 Å². The summed E-state index contributed by atoms with van der Waals surface area (Å²) in [5.41, 5.74) is -0.115. The molecule has 4 rings (SSSR count). The van der Waals surface area contributed by atoms with Crippen LogP contribution in [0.25, 0.3) is 0 Å². The summed E-state index contributed by atoms with van der Waals surface area (Å²) in [4.78, 5) is 11.1. The van der Waals surface area contributed by atoms with Gasteiger partial charge in [0, 0.05) is 5.57 Å². The number of aliphatic hydroxyl groups excluding tert-OH is 4. The molecule has 0 aromatic heterocycles. The molecule has 0 heterocycles. The van der Waals surface area contributed by atoms with Gasteiger partial charge in [0.05, 0.1) is 24.4 Å². The Labute approximate surface area is 198 Å². The molecule has 0 aliphatic heterocycles. The van der Waals surface area contributed by atoms with E-state index in [2.05, 4.69) is 20.8 Å². The Balaban J connectivity index is 1.57. The molecular weight excluding hydrogens is 420 g/mol. The minimum Gasteiger partial charge on any atom is -0.478 e. The van der Waals surface area contributed by atoms with Crippen molar-refractivity contribution in [2.45, 2.75) is 103 Å². The van der Waals surface area contributed by atoms with Crippen LogP contribution < -0.4 is 0 Å². The molecule has 4 fully saturated rings. The molecule has 33 heavy (non-hydrogen) atoms. The minimum absolute atomic E-state index is 0.0313. The van der Waals surface area contributed by atoms with Gasteiger partial charge in [-0.25, -0.2) is 4.79 Å². The number of carboxylic acids is 1. The molecular formula is C27H44O6. The number of hydrogen-bond donors (Lipinski definition) is 5. The van der Waals surface area contributed by atoms with E-state index in [1.807, 2.05) is 0 Å². The Kier molecular flexibility index (Phi) is 6.80. The van der Waals surface area contributed by atoms with Crippen LogP contribution in [0.3, 0.4) is 0 Å². The molecule has 4 saturated carbocycles. The summed E-state index contributed by atoms with van der Waals surface area (Å²) < 4.78 is 0. The minimum atomic E-state index is -0.879. The van der Waals surface area contributed by atoms with E-state index in [4.69, 9.17) is 5.11 Å². The molecule has 12 atom stereocenters. The van der Waals surface area contributed by atoms with Crippen molar-refractivity contribution in [3.63, 3.8) is 0 Å². The molecule has 0 bridgehead atoms. The summed E-state index contributed by atoms with van der Waals surface area (Å²) in [6, 6.07) is 0. The molecule has 4 aliphatic rings. The van der Waals surface area contributed by atoms with E-state index in [0.717, 1.165) is 32.1 Å². The molecule has 0 saturated heterocycles. The molecule has 4 aliphatic carbocycles. The van der Waals surface area contributed by atoms with E-state index in [1.165, 1.54) is 0 Å². The van der Waals surface area contributed by atoms with Crippen molar-refractivity contribution in [3.05, 3.63) is 11.6 Å². The number of fused-ring (bicyclic) bond motifs is 5. The third-order valence-corrected chi connectivity index (χ3v) is 11.0. The molecule has 0 spiro atoms. The highest BCUT2D eigenvalue weighted by molar-refractivity contribution is 5.85. The summed E-state index contributed by atoms with van der Waals surface area (Å²) in [6.07, 6.45) is 5.52. The molecule has 6 heteroatoms. The molecule has 0 aromatic rings. The van der Waals surface area contributed by atoms with Crippen LogP contribution in [-0.2, 0) is 4.79 Å². The number of aliphatic carboxylic acids is 1. The highest BCUT2D eigenvalue weighted by Crippen LogP contribution is 2.68. The first kappa shape index (κ1) is 25.2. The Morgan fingerprint density at radius 1 is 1.00 bits per heavy atom. The van der Waals surface area contributed by atoms with Crippen LogP contribution in [0.1, 0.15) is 79.1 Å². The summed E-state index contributed by atoms with van der Waals surface area (Å²) >= 11 is 0. The van der Waals surface area contributed by atoms with Crippen molar-refractivity contribution >= 4 is 5.97 Å². The fraction of sp³-hybridized carbons (Fsp3) is 0.889. The van der Waals surface area contributed by atoms with Crippen LogP contribution in [0.4, 0.5) is 0 Å². The van der Waals surface area contributed by atoms with Crippen molar-refractivity contribution in [1.29, 1.82) is 0 Å². The molecule has 5 N–H and O–H groups in total. The summed E-state index contributed by atoms with van der Waals surface area (Å²) in [6.45, 7) is 8.26. The maximum absolute atomic E-state index is 11.6. The molecule has 188 valence electrons. The van der Waals surface area contributed by atoms with E-state index in [9.17, 15) is 25.2 Å². The average Bonchev–Trinajstić information content (AvgIpc) is 3.12. The fourth-order valence-electron chi connectivity index (χ4n) is 9.02. The second kappa shape index (κ2) is 8.92. The van der Waals surface area contributed by atoms with Gasteiger partial charge in [-0.05, 0) is 105 Å². The SMILES string of the molecule is C/C(=C/CC[C@@H](C)[C@H]1CC[C@H]2[C@@H]3[C@H](O)[C@H](O)[C@@H]4C[C@H](O)CC[C@]4(C)[C@H]3C[C@H](O)[C@]12C)C(=O)O. The average molecular weight is 465 g/mol. The number of hydrogen-bond acceptors (Lipinski definition) is 5. The first-order valence-electron chi connectivity index (χ1n) is 13.0. The predicted octanol–water partition coefficient (Wildman–Crippen LogP) is 3.37. The van der Waals surface area contributed by atoms with Gasteiger partial charge in [-0.2, -0.15) is 0 Å². The highest BCUT2D eigenvalue weighted by Gasteiger charge is 2.67. The molecule has 0 unspecified atom stereocenters. The van der Waals surface area contributed by atoms with Crippen molar-refractivity contribution in [1.82, 2.24) is 0 Å². The lowest BCUT2D eigenvalue weighted by Crippen LogP contribution is -2.66. The molecule has 6 nitrogen and oxygen atoms in total. The lowest BCUT2D eigenvalue weighted by Gasteiger charge is -2.64. The number of carbonyl (C=O) groups is 1. The van der Waals surface area contributed by atoms with Gasteiger partial charge >= 0.3 is 5.97 Å². The second-order valence-corrected chi connectivity index (χ2v) is 12.4. The topological polar surface area (TPSA) is 118 Å². The van der Waals surface area contributed by atoms with E-state index >= 15 is 0 Å². The maximum atomic E-state index is 11.6. The molecule has 0 amide bonds. The van der Waals surface area contributed by atoms with Crippen LogP contribution >= 0.6 is 0 Å². The standard InChI is InChI=1S/C27H44O6/c1-14(6-5-7-15(2)25(32)33)17-8-9-18-22-19(13-21(29)27(17,18)4)26(3)11-10-16(28)12-20(26)23(30)24(22)31/h7,14,16-24,28-31H,5-6,8-13H2,1-4H3,(H,32,33)/b15-7-/t14-,16-,17-,18+,19+,20+,21+,22+,23-,24+,26-,27-/m1/s1. The number of allylic oxidation sites excluding steroid dienone is 1. The van der Waals surface area contributed by atoms with E-state index < -0.39 is 30.4 Å². The number of rotatable bonds is 5. The predicted molar refractivity (Wildman–Crippen MR) is 125 cm³/mol. The second-order valence-electron chi connectivity index (χ2n) is 12.4. The summed E-state index contributed by atoms with van der Waals surface area (Å²) in [5.74, 6) is -0.0919. The third kappa shape index (κ3) is 3.89. The van der Waals surface area contributed by atoms with Gasteiger partial charge in [-0.1, -0.05) is 26.8 Å².